The Bertz CT molecular complexity index is 399. The Balaban J connectivity index is 2.67. The first kappa shape index (κ1) is 16.5. The van der Waals surface area contributed by atoms with Crippen LogP contribution >= 0.6 is 0 Å². The van der Waals surface area contributed by atoms with Gasteiger partial charge in [-0.2, -0.15) is 0 Å². The van der Waals surface area contributed by atoms with Gasteiger partial charge in [-0.3, -0.25) is 4.79 Å². The van der Waals surface area contributed by atoms with Gasteiger partial charge in [0.2, 0.25) is 0 Å². The second kappa shape index (κ2) is 8.59. The van der Waals surface area contributed by atoms with Crippen LogP contribution in [0.1, 0.15) is 34.1 Å². The highest BCUT2D eigenvalue weighted by atomic mass is 16.5. The molecule has 1 unspecified atom stereocenters. The summed E-state index contributed by atoms with van der Waals surface area (Å²) in [6.45, 7) is 10.6. The van der Waals surface area contributed by atoms with Crippen LogP contribution in [0.5, 0.6) is 0 Å². The van der Waals surface area contributed by atoms with E-state index < -0.39 is 0 Å². The van der Waals surface area contributed by atoms with Gasteiger partial charge in [0.15, 0.2) is 0 Å². The van der Waals surface area contributed by atoms with Crippen molar-refractivity contribution in [2.24, 2.45) is 0 Å². The van der Waals surface area contributed by atoms with Gasteiger partial charge in [-0.15, -0.1) is 0 Å². The molecule has 0 aromatic heterocycles. The summed E-state index contributed by atoms with van der Waals surface area (Å²) >= 11 is 0. The van der Waals surface area contributed by atoms with Gasteiger partial charge in [0.25, 0.3) is 5.91 Å². The first-order valence-electron chi connectivity index (χ1n) is 7.43. The van der Waals surface area contributed by atoms with E-state index in [2.05, 4.69) is 24.1 Å². The molecule has 20 heavy (non-hydrogen) atoms. The van der Waals surface area contributed by atoms with Crippen LogP contribution in [0.3, 0.4) is 0 Å². The maximum atomic E-state index is 12.0. The van der Waals surface area contributed by atoms with Gasteiger partial charge in [0.05, 0.1) is 0 Å². The second-order valence-electron chi connectivity index (χ2n) is 4.56. The fraction of sp³-hybridized carbons (Fsp3) is 0.562. The normalized spacial score (nSPS) is 12.0. The zero-order valence-electron chi connectivity index (χ0n) is 13.0. The highest BCUT2D eigenvalue weighted by Gasteiger charge is 2.16. The Morgan fingerprint density at radius 1 is 1.15 bits per heavy atom. The van der Waals surface area contributed by atoms with Crippen LogP contribution in [0.4, 0.5) is 11.4 Å². The average Bonchev–Trinajstić information content (AvgIpc) is 2.47. The molecule has 112 valence electrons. The zero-order valence-corrected chi connectivity index (χ0v) is 13.0. The molecule has 1 atom stereocenters. The predicted octanol–water partition coefficient (Wildman–Crippen LogP) is 3.29. The maximum absolute atomic E-state index is 12.0. The van der Waals surface area contributed by atoms with Crippen molar-refractivity contribution in [1.82, 2.24) is 0 Å². The molecule has 0 bridgehead atoms. The number of amides is 1. The number of hydrogen-bond acceptors (Lipinski definition) is 3. The van der Waals surface area contributed by atoms with Gasteiger partial charge < -0.3 is 15.0 Å². The summed E-state index contributed by atoms with van der Waals surface area (Å²) in [5.41, 5.74) is 1.98. The van der Waals surface area contributed by atoms with Crippen LogP contribution in [0.2, 0.25) is 0 Å². The number of ether oxygens (including phenoxy) is 1. The lowest BCUT2D eigenvalue weighted by Gasteiger charge is -2.21. The lowest BCUT2D eigenvalue weighted by Crippen LogP contribution is -2.30. The van der Waals surface area contributed by atoms with Crippen LogP contribution in [-0.4, -0.2) is 31.7 Å². The molecule has 1 aromatic rings. The summed E-state index contributed by atoms with van der Waals surface area (Å²) in [5.74, 6) is -0.0788. The number of carbonyl (C=O) groups excluding carboxylic acids is 1. The van der Waals surface area contributed by atoms with Crippen molar-refractivity contribution in [3.8, 4) is 0 Å². The number of rotatable bonds is 8. The zero-order chi connectivity index (χ0) is 15.0. The number of benzene rings is 1. The Hall–Kier alpha value is -1.55. The summed E-state index contributed by atoms with van der Waals surface area (Å²) in [5, 5.41) is 2.90. The third-order valence-electron chi connectivity index (χ3n) is 3.29. The average molecular weight is 278 g/mol. The first-order valence-corrected chi connectivity index (χ1v) is 7.43. The SMILES string of the molecule is CCOC(CC)C(=O)Nc1ccc(N(CC)CC)cc1. The molecule has 0 saturated heterocycles. The minimum Gasteiger partial charge on any atom is -0.372 e. The standard InChI is InChI=1S/C16H26N2O2/c1-5-15(20-8-4)16(19)17-13-9-11-14(12-10-13)18(6-2)7-3/h9-12,15H,5-8H2,1-4H3,(H,17,19). The molecule has 0 aliphatic rings. The monoisotopic (exact) mass is 278 g/mol. The molecule has 0 heterocycles. The smallest absolute Gasteiger partial charge is 0.253 e. The van der Waals surface area contributed by atoms with Crippen LogP contribution in [-0.2, 0) is 9.53 Å². The van der Waals surface area contributed by atoms with Crippen molar-refractivity contribution in [3.63, 3.8) is 0 Å². The highest BCUT2D eigenvalue weighted by molar-refractivity contribution is 5.94. The maximum Gasteiger partial charge on any atom is 0.253 e. The summed E-state index contributed by atoms with van der Waals surface area (Å²) < 4.78 is 5.40. The molecule has 1 rings (SSSR count). The van der Waals surface area contributed by atoms with Gasteiger partial charge in [0.1, 0.15) is 6.10 Å². The summed E-state index contributed by atoms with van der Waals surface area (Å²) in [4.78, 5) is 14.3. The number of nitrogens with one attached hydrogen (secondary N) is 1. The topological polar surface area (TPSA) is 41.6 Å². The summed E-state index contributed by atoms with van der Waals surface area (Å²) in [6, 6.07) is 7.93. The second-order valence-corrected chi connectivity index (χ2v) is 4.56. The number of nitrogens with zero attached hydrogens (tertiary/aromatic N) is 1. The molecule has 0 spiro atoms. The quantitative estimate of drug-likeness (QED) is 0.793. The van der Waals surface area contributed by atoms with E-state index >= 15 is 0 Å². The van der Waals surface area contributed by atoms with Crippen molar-refractivity contribution in [3.05, 3.63) is 24.3 Å². The number of hydrogen-bond donors (Lipinski definition) is 1. The van der Waals surface area contributed by atoms with Gasteiger partial charge >= 0.3 is 0 Å². The lowest BCUT2D eigenvalue weighted by atomic mass is 10.2. The Morgan fingerprint density at radius 2 is 1.75 bits per heavy atom. The van der Waals surface area contributed by atoms with E-state index in [4.69, 9.17) is 4.74 Å². The van der Waals surface area contributed by atoms with E-state index in [1.54, 1.807) is 0 Å². The fourth-order valence-electron chi connectivity index (χ4n) is 2.15. The van der Waals surface area contributed by atoms with E-state index in [-0.39, 0.29) is 12.0 Å². The van der Waals surface area contributed by atoms with Gasteiger partial charge in [0, 0.05) is 31.1 Å². The van der Waals surface area contributed by atoms with E-state index in [9.17, 15) is 4.79 Å². The van der Waals surface area contributed by atoms with Crippen molar-refractivity contribution < 1.29 is 9.53 Å². The molecule has 0 aliphatic carbocycles. The Kier molecular flexibility index (Phi) is 7.09. The summed E-state index contributed by atoms with van der Waals surface area (Å²) in [7, 11) is 0. The molecule has 0 fully saturated rings. The minimum atomic E-state index is -0.373. The molecule has 0 radical (unpaired) electrons. The molecular formula is C16H26N2O2. The van der Waals surface area contributed by atoms with Crippen LogP contribution in [0, 0.1) is 0 Å². The Morgan fingerprint density at radius 3 is 2.20 bits per heavy atom. The molecule has 4 nitrogen and oxygen atoms in total. The van der Waals surface area contributed by atoms with Crippen LogP contribution < -0.4 is 10.2 Å². The van der Waals surface area contributed by atoms with Crippen molar-refractivity contribution in [1.29, 1.82) is 0 Å². The highest BCUT2D eigenvalue weighted by Crippen LogP contribution is 2.18. The van der Waals surface area contributed by atoms with Gasteiger partial charge in [-0.05, 0) is 51.5 Å². The predicted molar refractivity (Wildman–Crippen MR) is 84.3 cm³/mol. The van der Waals surface area contributed by atoms with E-state index in [1.807, 2.05) is 38.1 Å². The minimum absolute atomic E-state index is 0.0788. The molecule has 0 aliphatic heterocycles. The van der Waals surface area contributed by atoms with E-state index in [0.717, 1.165) is 18.8 Å². The van der Waals surface area contributed by atoms with Gasteiger partial charge in [-0.25, -0.2) is 0 Å². The van der Waals surface area contributed by atoms with Gasteiger partial charge in [-0.1, -0.05) is 6.92 Å². The van der Waals surface area contributed by atoms with Crippen LogP contribution in [0.25, 0.3) is 0 Å². The number of carbonyl (C=O) groups is 1. The van der Waals surface area contributed by atoms with Crippen molar-refractivity contribution >= 4 is 17.3 Å². The largest absolute Gasteiger partial charge is 0.372 e. The molecule has 0 saturated carbocycles. The molecular weight excluding hydrogens is 252 g/mol. The molecule has 1 amide bonds. The van der Waals surface area contributed by atoms with E-state index in [1.165, 1.54) is 5.69 Å². The summed E-state index contributed by atoms with van der Waals surface area (Å²) in [6.07, 6.45) is 0.305. The third-order valence-corrected chi connectivity index (χ3v) is 3.29. The fourth-order valence-corrected chi connectivity index (χ4v) is 2.15. The molecule has 1 aromatic carbocycles. The Labute approximate surface area is 122 Å². The number of anilines is 2. The molecule has 1 N–H and O–H groups in total. The van der Waals surface area contributed by atoms with Crippen molar-refractivity contribution in [2.75, 3.05) is 29.9 Å². The first-order chi connectivity index (χ1) is 9.65. The molecule has 4 heteroatoms. The third kappa shape index (κ3) is 4.53. The van der Waals surface area contributed by atoms with E-state index in [0.29, 0.717) is 13.0 Å². The van der Waals surface area contributed by atoms with Crippen LogP contribution in [0.15, 0.2) is 24.3 Å². The lowest BCUT2D eigenvalue weighted by molar-refractivity contribution is -0.127. The van der Waals surface area contributed by atoms with Crippen molar-refractivity contribution in [2.45, 2.75) is 40.2 Å².